The molecular formula is C27H36O15. The highest BCUT2D eigenvalue weighted by atomic mass is 16.8. The van der Waals surface area contributed by atoms with Gasteiger partial charge in [0.05, 0.1) is 18.9 Å². The standard InChI is InChI=1S/C27H36O15/c1-11-19(37-13(3)29)8-17-18(25(33)34-7)9-36-26(21(11)17)42-27-24(40-16(6)32)23(39-15(5)31)22(38-14(4)30)20(41-27)10-35-12(2)28/h9,11,17,19-24,26-27H,8,10H2,1-7H3/t11-,17-,19-,20-,21+,22-,23+,24-,26-,27+/m1/s1. The van der Waals surface area contributed by atoms with E-state index >= 15 is 0 Å². The van der Waals surface area contributed by atoms with Gasteiger partial charge in [0.15, 0.2) is 18.3 Å². The first-order valence-electron chi connectivity index (χ1n) is 13.3. The van der Waals surface area contributed by atoms with Gasteiger partial charge in [-0.15, -0.1) is 0 Å². The Bertz CT molecular complexity index is 1100. The average Bonchev–Trinajstić information content (AvgIpc) is 3.20. The lowest BCUT2D eigenvalue weighted by Crippen LogP contribution is -2.63. The van der Waals surface area contributed by atoms with Crippen molar-refractivity contribution in [1.29, 1.82) is 0 Å². The zero-order chi connectivity index (χ0) is 31.3. The zero-order valence-corrected chi connectivity index (χ0v) is 24.4. The summed E-state index contributed by atoms with van der Waals surface area (Å²) < 4.78 is 49.8. The Labute approximate surface area is 242 Å². The average molecular weight is 601 g/mol. The largest absolute Gasteiger partial charge is 0.472 e. The topological polar surface area (TPSA) is 185 Å². The summed E-state index contributed by atoms with van der Waals surface area (Å²) in [7, 11) is 1.22. The molecule has 0 radical (unpaired) electrons. The van der Waals surface area contributed by atoms with Crippen LogP contribution in [0, 0.1) is 17.8 Å². The minimum Gasteiger partial charge on any atom is -0.472 e. The van der Waals surface area contributed by atoms with Crippen LogP contribution >= 0.6 is 0 Å². The molecule has 1 saturated heterocycles. The maximum absolute atomic E-state index is 12.5. The predicted molar refractivity (Wildman–Crippen MR) is 134 cm³/mol. The molecular weight excluding hydrogens is 564 g/mol. The number of methoxy groups -OCH3 is 1. The molecule has 1 aliphatic carbocycles. The summed E-state index contributed by atoms with van der Waals surface area (Å²) in [5.74, 6) is -5.66. The van der Waals surface area contributed by atoms with Gasteiger partial charge in [0.25, 0.3) is 0 Å². The maximum Gasteiger partial charge on any atom is 0.337 e. The number of hydrogen-bond acceptors (Lipinski definition) is 15. The molecule has 42 heavy (non-hydrogen) atoms. The molecule has 1 saturated carbocycles. The highest BCUT2D eigenvalue weighted by Gasteiger charge is 2.57. The molecule has 10 atom stereocenters. The molecule has 0 bridgehead atoms. The Balaban J connectivity index is 2.01. The Morgan fingerprint density at radius 1 is 0.786 bits per heavy atom. The van der Waals surface area contributed by atoms with Crippen LogP contribution in [0.3, 0.4) is 0 Å². The Morgan fingerprint density at radius 3 is 1.90 bits per heavy atom. The first kappa shape index (κ1) is 32.8. The van der Waals surface area contributed by atoms with Crippen LogP contribution in [0.15, 0.2) is 11.8 Å². The molecule has 0 amide bonds. The van der Waals surface area contributed by atoms with Crippen molar-refractivity contribution in [2.24, 2.45) is 17.8 Å². The Morgan fingerprint density at radius 2 is 1.36 bits per heavy atom. The molecule has 0 spiro atoms. The van der Waals surface area contributed by atoms with Gasteiger partial charge in [-0.2, -0.15) is 0 Å². The van der Waals surface area contributed by atoms with E-state index in [9.17, 15) is 28.8 Å². The fourth-order valence-electron chi connectivity index (χ4n) is 5.57. The van der Waals surface area contributed by atoms with Crippen molar-refractivity contribution in [2.75, 3.05) is 13.7 Å². The third-order valence-corrected chi connectivity index (χ3v) is 7.14. The smallest absolute Gasteiger partial charge is 0.337 e. The summed E-state index contributed by atoms with van der Waals surface area (Å²) in [6, 6.07) is 0. The normalized spacial score (nSPS) is 33.5. The molecule has 2 fully saturated rings. The summed E-state index contributed by atoms with van der Waals surface area (Å²) in [6.07, 6.45) is -7.30. The van der Waals surface area contributed by atoms with Gasteiger partial charge in [0, 0.05) is 52.4 Å². The van der Waals surface area contributed by atoms with Crippen LogP contribution in [-0.2, 0) is 71.4 Å². The van der Waals surface area contributed by atoms with E-state index < -0.39 is 97.4 Å². The number of carbonyl (C=O) groups excluding carboxylic acids is 6. The first-order valence-corrected chi connectivity index (χ1v) is 13.3. The second-order valence-electron chi connectivity index (χ2n) is 10.2. The highest BCUT2D eigenvalue weighted by Crippen LogP contribution is 2.49. The van der Waals surface area contributed by atoms with E-state index in [0.29, 0.717) is 0 Å². The fourth-order valence-corrected chi connectivity index (χ4v) is 5.57. The molecule has 3 aliphatic rings. The van der Waals surface area contributed by atoms with Crippen molar-refractivity contribution in [1.82, 2.24) is 0 Å². The first-order chi connectivity index (χ1) is 19.7. The quantitative estimate of drug-likeness (QED) is 0.266. The summed E-state index contributed by atoms with van der Waals surface area (Å²) in [5, 5.41) is 0. The molecule has 0 aromatic heterocycles. The lowest BCUT2D eigenvalue weighted by Gasteiger charge is -2.46. The van der Waals surface area contributed by atoms with E-state index in [4.69, 9.17) is 42.6 Å². The molecule has 15 heteroatoms. The van der Waals surface area contributed by atoms with Gasteiger partial charge >= 0.3 is 35.8 Å². The van der Waals surface area contributed by atoms with Crippen LogP contribution in [0.4, 0.5) is 0 Å². The van der Waals surface area contributed by atoms with Crippen molar-refractivity contribution >= 4 is 35.8 Å². The van der Waals surface area contributed by atoms with Gasteiger partial charge < -0.3 is 42.6 Å². The summed E-state index contributed by atoms with van der Waals surface area (Å²) in [6.45, 7) is 7.11. The van der Waals surface area contributed by atoms with E-state index in [1.165, 1.54) is 20.3 Å². The van der Waals surface area contributed by atoms with Gasteiger partial charge in [0.2, 0.25) is 12.6 Å². The molecule has 0 aromatic rings. The van der Waals surface area contributed by atoms with Crippen LogP contribution in [-0.4, -0.2) is 92.6 Å². The number of fused-ring (bicyclic) bond motifs is 1. The van der Waals surface area contributed by atoms with Crippen LogP contribution < -0.4 is 0 Å². The van der Waals surface area contributed by atoms with Gasteiger partial charge in [-0.05, 0) is 6.42 Å². The van der Waals surface area contributed by atoms with Crippen LogP contribution in [0.1, 0.15) is 48.0 Å². The molecule has 0 unspecified atom stereocenters. The fraction of sp³-hybridized carbons (Fsp3) is 0.704. The van der Waals surface area contributed by atoms with Crippen molar-refractivity contribution in [3.8, 4) is 0 Å². The van der Waals surface area contributed by atoms with E-state index in [1.807, 2.05) is 0 Å². The molecule has 3 rings (SSSR count). The summed E-state index contributed by atoms with van der Waals surface area (Å²) in [5.41, 5.74) is 0.213. The van der Waals surface area contributed by atoms with Crippen LogP contribution in [0.25, 0.3) is 0 Å². The second-order valence-corrected chi connectivity index (χ2v) is 10.2. The van der Waals surface area contributed by atoms with E-state index in [-0.39, 0.29) is 17.9 Å². The molecule has 0 N–H and O–H groups in total. The van der Waals surface area contributed by atoms with Gasteiger partial charge in [-0.1, -0.05) is 6.92 Å². The van der Waals surface area contributed by atoms with E-state index in [2.05, 4.69) is 0 Å². The molecule has 2 heterocycles. The van der Waals surface area contributed by atoms with Crippen LogP contribution in [0.2, 0.25) is 0 Å². The van der Waals surface area contributed by atoms with Crippen molar-refractivity contribution in [3.05, 3.63) is 11.8 Å². The minimum absolute atomic E-state index is 0.213. The molecule has 0 aromatic carbocycles. The second kappa shape index (κ2) is 14.0. The van der Waals surface area contributed by atoms with Crippen molar-refractivity contribution in [3.63, 3.8) is 0 Å². The van der Waals surface area contributed by atoms with E-state index in [0.717, 1.165) is 27.7 Å². The highest BCUT2D eigenvalue weighted by molar-refractivity contribution is 5.89. The van der Waals surface area contributed by atoms with Crippen molar-refractivity contribution in [2.45, 2.75) is 91.1 Å². The van der Waals surface area contributed by atoms with Crippen LogP contribution in [0.5, 0.6) is 0 Å². The van der Waals surface area contributed by atoms with Crippen molar-refractivity contribution < 1.29 is 71.4 Å². The molecule has 234 valence electrons. The lowest BCUT2D eigenvalue weighted by atomic mass is 9.83. The zero-order valence-electron chi connectivity index (χ0n) is 24.4. The van der Waals surface area contributed by atoms with Gasteiger partial charge in [-0.3, -0.25) is 24.0 Å². The Hall–Kier alpha value is -3.72. The number of carbonyl (C=O) groups is 6. The van der Waals surface area contributed by atoms with Gasteiger partial charge in [-0.25, -0.2) is 4.79 Å². The minimum atomic E-state index is -1.51. The SMILES string of the molecule is COC(=O)C1=CO[C@H](O[C@@H]2O[C@H](COC(C)=O)[C@@H](OC(C)=O)[C@H](OC(C)=O)[C@H]2OC(C)=O)[C@H]2[C@H](C)[C@H](OC(C)=O)C[C@H]12. The monoisotopic (exact) mass is 600 g/mol. The van der Waals surface area contributed by atoms with Gasteiger partial charge in [0.1, 0.15) is 18.8 Å². The third kappa shape index (κ3) is 7.76. The number of rotatable bonds is 9. The summed E-state index contributed by atoms with van der Waals surface area (Å²) in [4.78, 5) is 72.1. The lowest BCUT2D eigenvalue weighted by molar-refractivity contribution is -0.345. The molecule has 15 nitrogen and oxygen atoms in total. The predicted octanol–water partition coefficient (Wildman–Crippen LogP) is 0.703. The number of ether oxygens (including phenoxy) is 9. The summed E-state index contributed by atoms with van der Waals surface area (Å²) >= 11 is 0. The van der Waals surface area contributed by atoms with E-state index in [1.54, 1.807) is 6.92 Å². The number of hydrogen-bond donors (Lipinski definition) is 0. The number of esters is 6. The molecule has 2 aliphatic heterocycles. The third-order valence-electron chi connectivity index (χ3n) is 7.14. The maximum atomic E-state index is 12.5. The Kier molecular flexibility index (Phi) is 10.9.